The van der Waals surface area contributed by atoms with Crippen molar-refractivity contribution in [3.8, 4) is 0 Å². The Balaban J connectivity index is 0. The van der Waals surface area contributed by atoms with Crippen LogP contribution in [0.3, 0.4) is 0 Å². The van der Waals surface area contributed by atoms with Crippen molar-refractivity contribution in [2.24, 2.45) is 11.7 Å². The second-order valence-electron chi connectivity index (χ2n) is 2.57. The van der Waals surface area contributed by atoms with Crippen LogP contribution in [0.2, 0.25) is 0 Å². The number of halogens is 2. The Morgan fingerprint density at radius 2 is 1.67 bits per heavy atom. The normalized spacial score (nSPS) is 11.1. The summed E-state index contributed by atoms with van der Waals surface area (Å²) in [6, 6.07) is 0. The molecule has 0 aliphatic heterocycles. The van der Waals surface area contributed by atoms with Crippen LogP contribution in [-0.2, 0) is 14.3 Å². The first-order valence-electron chi connectivity index (χ1n) is 4.04. The summed E-state index contributed by atoms with van der Waals surface area (Å²) in [6.07, 6.45) is -3.61. The fourth-order valence-corrected chi connectivity index (χ4v) is 0.565. The van der Waals surface area contributed by atoms with Gasteiger partial charge in [-0.05, 0) is 0 Å². The quantitative estimate of drug-likeness (QED) is 0.734. The Morgan fingerprint density at radius 3 is 1.87 bits per heavy atom. The maximum Gasteiger partial charge on any atom is 0.404 e. The Morgan fingerprint density at radius 1 is 1.27 bits per heavy atom. The minimum atomic E-state index is -2.44. The molecule has 2 N–H and O–H groups in total. The molecule has 0 saturated carbocycles. The number of carbonyl (C=O) groups is 2. The lowest BCUT2D eigenvalue weighted by Gasteiger charge is -2.06. The van der Waals surface area contributed by atoms with Crippen LogP contribution in [0.4, 0.5) is 13.6 Å². The van der Waals surface area contributed by atoms with Crippen molar-refractivity contribution < 1.29 is 27.8 Å². The molecule has 90 valence electrons. The number of hydrogen-bond acceptors (Lipinski definition) is 4. The summed E-state index contributed by atoms with van der Waals surface area (Å²) < 4.78 is 31.3. The maximum absolute atomic E-state index is 11.6. The van der Waals surface area contributed by atoms with Crippen LogP contribution in [0, 0.1) is 5.92 Å². The number of hydrogen-bond donors (Lipinski definition) is 1. The highest BCUT2D eigenvalue weighted by molar-refractivity contribution is 5.71. The zero-order valence-corrected chi connectivity index (χ0v) is 8.83. The Hall–Kier alpha value is -1.40. The van der Waals surface area contributed by atoms with Crippen molar-refractivity contribution >= 4 is 12.1 Å². The van der Waals surface area contributed by atoms with Crippen LogP contribution >= 0.6 is 0 Å². The fourth-order valence-electron chi connectivity index (χ4n) is 0.565. The first-order chi connectivity index (χ1) is 6.84. The van der Waals surface area contributed by atoms with Gasteiger partial charge in [-0.1, -0.05) is 6.92 Å². The van der Waals surface area contributed by atoms with Crippen LogP contribution in [-0.4, -0.2) is 32.7 Å². The molecule has 1 amide bonds. The van der Waals surface area contributed by atoms with E-state index in [0.717, 1.165) is 0 Å². The van der Waals surface area contributed by atoms with Gasteiger partial charge in [0.15, 0.2) is 0 Å². The largest absolute Gasteiger partial charge is 0.469 e. The van der Waals surface area contributed by atoms with Gasteiger partial charge in [-0.25, -0.2) is 13.6 Å². The highest BCUT2D eigenvalue weighted by Gasteiger charge is 2.17. The van der Waals surface area contributed by atoms with E-state index in [-0.39, 0.29) is 0 Å². The van der Waals surface area contributed by atoms with E-state index in [1.54, 1.807) is 0 Å². The number of alkyl halides is 2. The zero-order valence-electron chi connectivity index (χ0n) is 8.83. The average Bonchev–Trinajstić information content (AvgIpc) is 2.16. The first-order valence-corrected chi connectivity index (χ1v) is 4.04. The fraction of sp³-hybridized carbons (Fsp3) is 0.750. The molecule has 1 atom stereocenters. The summed E-state index contributed by atoms with van der Waals surface area (Å²) in [7, 11) is 2.41. The number of amides is 1. The van der Waals surface area contributed by atoms with Crippen molar-refractivity contribution in [2.45, 2.75) is 19.8 Å². The molecule has 0 bridgehead atoms. The van der Waals surface area contributed by atoms with Gasteiger partial charge in [-0.15, -0.1) is 0 Å². The van der Waals surface area contributed by atoms with Gasteiger partial charge in [-0.2, -0.15) is 0 Å². The molecule has 0 saturated heterocycles. The van der Waals surface area contributed by atoms with Gasteiger partial charge in [0.25, 0.3) is 0 Å². The lowest BCUT2D eigenvalue weighted by Crippen LogP contribution is -2.15. The lowest BCUT2D eigenvalue weighted by atomic mass is 10.1. The summed E-state index contributed by atoms with van der Waals surface area (Å²) >= 11 is 0. The molecule has 0 heterocycles. The third kappa shape index (κ3) is 12.6. The monoisotopic (exact) mass is 227 g/mol. The smallest absolute Gasteiger partial charge is 0.404 e. The Labute approximate surface area is 86.5 Å². The first kappa shape index (κ1) is 16.0. The molecule has 0 radical (unpaired) electrons. The second-order valence-corrected chi connectivity index (χ2v) is 2.57. The van der Waals surface area contributed by atoms with E-state index in [1.165, 1.54) is 21.1 Å². The number of nitrogens with two attached hydrogens (primary N) is 1. The van der Waals surface area contributed by atoms with Crippen LogP contribution in [0.1, 0.15) is 13.3 Å². The SMILES string of the molecule is COC(=O)[C@H](C)CC(F)F.COC(N)=O. The van der Waals surface area contributed by atoms with E-state index in [4.69, 9.17) is 0 Å². The molecule has 7 heteroatoms. The van der Waals surface area contributed by atoms with Crippen LogP contribution in [0.15, 0.2) is 0 Å². The van der Waals surface area contributed by atoms with Crippen molar-refractivity contribution in [2.75, 3.05) is 14.2 Å². The zero-order chi connectivity index (χ0) is 12.4. The van der Waals surface area contributed by atoms with E-state index in [1.807, 2.05) is 0 Å². The topological polar surface area (TPSA) is 78.6 Å². The van der Waals surface area contributed by atoms with Gasteiger partial charge in [0.05, 0.1) is 20.1 Å². The second kappa shape index (κ2) is 9.17. The Kier molecular flexibility index (Phi) is 9.81. The number of primary amides is 1. The van der Waals surface area contributed by atoms with Crippen molar-refractivity contribution in [3.63, 3.8) is 0 Å². The number of carbonyl (C=O) groups excluding carboxylic acids is 2. The average molecular weight is 227 g/mol. The highest BCUT2D eigenvalue weighted by Crippen LogP contribution is 2.10. The predicted octanol–water partition coefficient (Wildman–Crippen LogP) is 1.16. The van der Waals surface area contributed by atoms with E-state index >= 15 is 0 Å². The molecule has 15 heavy (non-hydrogen) atoms. The van der Waals surface area contributed by atoms with E-state index < -0.39 is 30.8 Å². The Bertz CT molecular complexity index is 199. The maximum atomic E-state index is 11.6. The number of methoxy groups -OCH3 is 2. The summed E-state index contributed by atoms with van der Waals surface area (Å²) in [5, 5.41) is 0. The molecule has 0 aliphatic carbocycles. The van der Waals surface area contributed by atoms with Crippen LogP contribution < -0.4 is 5.73 Å². The van der Waals surface area contributed by atoms with E-state index in [0.29, 0.717) is 0 Å². The molecule has 0 rings (SSSR count). The molecule has 0 spiro atoms. The summed E-state index contributed by atoms with van der Waals surface area (Å²) in [5.41, 5.74) is 4.43. The van der Waals surface area contributed by atoms with E-state index in [2.05, 4.69) is 15.2 Å². The molecule has 0 aliphatic rings. The third-order valence-electron chi connectivity index (χ3n) is 1.34. The molecule has 0 fully saturated rings. The molecule has 0 aromatic heterocycles. The van der Waals surface area contributed by atoms with Crippen molar-refractivity contribution in [3.05, 3.63) is 0 Å². The van der Waals surface area contributed by atoms with Gasteiger partial charge in [-0.3, -0.25) is 4.79 Å². The number of ether oxygens (including phenoxy) is 2. The van der Waals surface area contributed by atoms with Gasteiger partial charge < -0.3 is 15.2 Å². The number of rotatable bonds is 3. The number of esters is 1. The highest BCUT2D eigenvalue weighted by atomic mass is 19.3. The third-order valence-corrected chi connectivity index (χ3v) is 1.34. The molecular formula is C8H15F2NO4. The summed E-state index contributed by atoms with van der Waals surface area (Å²) in [4.78, 5) is 19.9. The lowest BCUT2D eigenvalue weighted by molar-refractivity contribution is -0.146. The van der Waals surface area contributed by atoms with E-state index in [9.17, 15) is 18.4 Å². The molecule has 5 nitrogen and oxygen atoms in total. The van der Waals surface area contributed by atoms with Gasteiger partial charge >= 0.3 is 12.1 Å². The molecule has 0 aromatic rings. The summed E-state index contributed by atoms with van der Waals surface area (Å²) in [6.45, 7) is 1.41. The molecular weight excluding hydrogens is 212 g/mol. The molecule has 0 aromatic carbocycles. The van der Waals surface area contributed by atoms with Crippen LogP contribution in [0.25, 0.3) is 0 Å². The summed E-state index contributed by atoms with van der Waals surface area (Å²) in [5.74, 6) is -1.29. The minimum absolute atomic E-state index is 0.424. The van der Waals surface area contributed by atoms with Crippen molar-refractivity contribution in [1.82, 2.24) is 0 Å². The van der Waals surface area contributed by atoms with Crippen LogP contribution in [0.5, 0.6) is 0 Å². The minimum Gasteiger partial charge on any atom is -0.469 e. The predicted molar refractivity (Wildman–Crippen MR) is 48.4 cm³/mol. The standard InChI is InChI=1S/C6H10F2O2.C2H5NO2/c1-4(3-5(7)8)6(9)10-2;1-5-2(3)4/h4-5H,3H2,1-2H3;1H3,(H2,3,4)/t4-;/m1./s1. The van der Waals surface area contributed by atoms with Gasteiger partial charge in [0, 0.05) is 6.42 Å². The molecule has 0 unspecified atom stereocenters. The van der Waals surface area contributed by atoms with Crippen molar-refractivity contribution in [1.29, 1.82) is 0 Å². The van der Waals surface area contributed by atoms with Gasteiger partial charge in [0.2, 0.25) is 6.43 Å². The van der Waals surface area contributed by atoms with Gasteiger partial charge in [0.1, 0.15) is 0 Å².